The Morgan fingerprint density at radius 1 is 1.10 bits per heavy atom. The van der Waals surface area contributed by atoms with E-state index in [4.69, 9.17) is 5.26 Å². The lowest BCUT2D eigenvalue weighted by Crippen LogP contribution is -2.49. The molecule has 1 aromatic heterocycles. The van der Waals surface area contributed by atoms with Gasteiger partial charge in [-0.3, -0.25) is 4.79 Å². The number of hydrogen-bond acceptors (Lipinski definition) is 5. The second kappa shape index (κ2) is 8.60. The van der Waals surface area contributed by atoms with E-state index in [2.05, 4.69) is 61.1 Å². The molecule has 0 atom stereocenters. The molecule has 1 aliphatic rings. The number of carbonyl (C=O) groups is 1. The van der Waals surface area contributed by atoms with Gasteiger partial charge in [-0.05, 0) is 37.3 Å². The normalized spacial score (nSPS) is 14.6. The molecule has 3 rings (SSSR count). The Kier molecular flexibility index (Phi) is 6.17. The van der Waals surface area contributed by atoms with Crippen LogP contribution in [0.1, 0.15) is 49.2 Å². The van der Waals surface area contributed by atoms with Crippen molar-refractivity contribution >= 4 is 11.9 Å². The van der Waals surface area contributed by atoms with Crippen molar-refractivity contribution in [1.82, 2.24) is 14.9 Å². The molecule has 1 saturated heterocycles. The number of amides is 1. The standard InChI is InChI=1S/C23H29N5O/c1-17-5-7-19(8-6-17)23(3,4)10-9-21(29)27-11-13-28(14-12-27)22-25-18(2)15-20(16-24)26-22/h5-8,15H,9-14H2,1-4H3. The molecule has 0 spiro atoms. The monoisotopic (exact) mass is 391 g/mol. The van der Waals surface area contributed by atoms with Crippen LogP contribution in [-0.4, -0.2) is 47.0 Å². The molecule has 6 heteroatoms. The van der Waals surface area contributed by atoms with Crippen LogP contribution < -0.4 is 4.90 Å². The van der Waals surface area contributed by atoms with Gasteiger partial charge in [-0.2, -0.15) is 5.26 Å². The van der Waals surface area contributed by atoms with Crippen molar-refractivity contribution in [1.29, 1.82) is 5.26 Å². The van der Waals surface area contributed by atoms with Gasteiger partial charge in [-0.15, -0.1) is 0 Å². The van der Waals surface area contributed by atoms with Gasteiger partial charge in [-0.25, -0.2) is 9.97 Å². The van der Waals surface area contributed by atoms with E-state index in [0.717, 1.165) is 12.1 Å². The van der Waals surface area contributed by atoms with Gasteiger partial charge in [0.15, 0.2) is 0 Å². The Morgan fingerprint density at radius 2 is 1.76 bits per heavy atom. The van der Waals surface area contributed by atoms with Crippen molar-refractivity contribution in [2.45, 2.75) is 46.0 Å². The van der Waals surface area contributed by atoms with Crippen LogP contribution in [0.2, 0.25) is 0 Å². The van der Waals surface area contributed by atoms with E-state index in [1.54, 1.807) is 6.07 Å². The number of carbonyl (C=O) groups excluding carboxylic acids is 1. The maximum atomic E-state index is 12.8. The lowest BCUT2D eigenvalue weighted by molar-refractivity contribution is -0.131. The number of aryl methyl sites for hydroxylation is 2. The Hall–Kier alpha value is -2.94. The maximum absolute atomic E-state index is 12.8. The summed E-state index contributed by atoms with van der Waals surface area (Å²) in [7, 11) is 0. The molecule has 0 saturated carbocycles. The molecule has 0 N–H and O–H groups in total. The van der Waals surface area contributed by atoms with Crippen molar-refractivity contribution in [3.63, 3.8) is 0 Å². The molecule has 29 heavy (non-hydrogen) atoms. The van der Waals surface area contributed by atoms with Gasteiger partial charge in [0, 0.05) is 38.3 Å². The van der Waals surface area contributed by atoms with E-state index >= 15 is 0 Å². The predicted octanol–water partition coefficient (Wildman–Crippen LogP) is 3.37. The number of nitrogens with zero attached hydrogens (tertiary/aromatic N) is 5. The summed E-state index contributed by atoms with van der Waals surface area (Å²) in [4.78, 5) is 25.5. The molecule has 1 aliphatic heterocycles. The smallest absolute Gasteiger partial charge is 0.226 e. The lowest BCUT2D eigenvalue weighted by atomic mass is 9.80. The van der Waals surface area contributed by atoms with Crippen LogP contribution in [0.5, 0.6) is 0 Å². The Balaban J connectivity index is 1.54. The van der Waals surface area contributed by atoms with Crippen LogP contribution >= 0.6 is 0 Å². The number of anilines is 1. The third-order valence-corrected chi connectivity index (χ3v) is 5.67. The Morgan fingerprint density at radius 3 is 2.38 bits per heavy atom. The van der Waals surface area contributed by atoms with E-state index in [1.165, 1.54) is 11.1 Å². The summed E-state index contributed by atoms with van der Waals surface area (Å²) in [6, 6.07) is 12.3. The SMILES string of the molecule is Cc1ccc(C(C)(C)CCC(=O)N2CCN(c3nc(C)cc(C#N)n3)CC2)cc1. The van der Waals surface area contributed by atoms with Crippen molar-refractivity contribution in [2.75, 3.05) is 31.1 Å². The summed E-state index contributed by atoms with van der Waals surface area (Å²) in [5, 5.41) is 9.11. The molecule has 152 valence electrons. The molecule has 1 aromatic carbocycles. The third-order valence-electron chi connectivity index (χ3n) is 5.67. The Bertz CT molecular complexity index is 906. The minimum absolute atomic E-state index is 0.0334. The van der Waals surface area contributed by atoms with Crippen molar-refractivity contribution < 1.29 is 4.79 Å². The summed E-state index contributed by atoms with van der Waals surface area (Å²) in [6.45, 7) is 11.0. The zero-order chi connectivity index (χ0) is 21.0. The first-order chi connectivity index (χ1) is 13.8. The van der Waals surface area contributed by atoms with Crippen LogP contribution in [0.15, 0.2) is 30.3 Å². The predicted molar refractivity (Wildman–Crippen MR) is 114 cm³/mol. The van der Waals surface area contributed by atoms with Crippen molar-refractivity contribution in [3.05, 3.63) is 52.8 Å². The zero-order valence-electron chi connectivity index (χ0n) is 17.8. The van der Waals surface area contributed by atoms with Gasteiger partial charge in [0.2, 0.25) is 11.9 Å². The van der Waals surface area contributed by atoms with E-state index in [0.29, 0.717) is 44.2 Å². The maximum Gasteiger partial charge on any atom is 0.226 e. The number of piperazine rings is 1. The Labute approximate surface area is 173 Å². The first-order valence-electron chi connectivity index (χ1n) is 10.1. The zero-order valence-corrected chi connectivity index (χ0v) is 17.8. The number of aromatic nitrogens is 2. The average molecular weight is 392 g/mol. The van der Waals surface area contributed by atoms with E-state index in [-0.39, 0.29) is 11.3 Å². The fraction of sp³-hybridized carbons (Fsp3) is 0.478. The molecular formula is C23H29N5O. The second-order valence-electron chi connectivity index (χ2n) is 8.42. The van der Waals surface area contributed by atoms with Gasteiger partial charge >= 0.3 is 0 Å². The topological polar surface area (TPSA) is 73.1 Å². The summed E-state index contributed by atoms with van der Waals surface area (Å²) in [6.07, 6.45) is 1.36. The first-order valence-corrected chi connectivity index (χ1v) is 10.1. The molecule has 0 aliphatic carbocycles. The highest BCUT2D eigenvalue weighted by atomic mass is 16.2. The van der Waals surface area contributed by atoms with E-state index in [1.807, 2.05) is 16.7 Å². The highest BCUT2D eigenvalue weighted by Crippen LogP contribution is 2.29. The third kappa shape index (κ3) is 5.11. The fourth-order valence-corrected chi connectivity index (χ4v) is 3.63. The minimum Gasteiger partial charge on any atom is -0.339 e. The molecule has 1 amide bonds. The van der Waals surface area contributed by atoms with Gasteiger partial charge < -0.3 is 9.80 Å². The highest BCUT2D eigenvalue weighted by Gasteiger charge is 2.26. The quantitative estimate of drug-likeness (QED) is 0.781. The average Bonchev–Trinajstić information content (AvgIpc) is 2.72. The first kappa shape index (κ1) is 20.8. The van der Waals surface area contributed by atoms with Crippen molar-refractivity contribution in [2.24, 2.45) is 0 Å². The van der Waals surface area contributed by atoms with Gasteiger partial charge in [0.1, 0.15) is 11.8 Å². The van der Waals surface area contributed by atoms with Gasteiger partial charge in [-0.1, -0.05) is 43.7 Å². The molecule has 1 fully saturated rings. The molecule has 6 nitrogen and oxygen atoms in total. The highest BCUT2D eigenvalue weighted by molar-refractivity contribution is 5.76. The summed E-state index contributed by atoms with van der Waals surface area (Å²) >= 11 is 0. The van der Waals surface area contributed by atoms with E-state index < -0.39 is 0 Å². The summed E-state index contributed by atoms with van der Waals surface area (Å²) in [5.41, 5.74) is 3.64. The van der Waals surface area contributed by atoms with Crippen LogP contribution in [0.4, 0.5) is 5.95 Å². The molecular weight excluding hydrogens is 362 g/mol. The summed E-state index contributed by atoms with van der Waals surface area (Å²) < 4.78 is 0. The van der Waals surface area contributed by atoms with Crippen LogP contribution in [0, 0.1) is 25.2 Å². The molecule has 2 aromatic rings. The lowest BCUT2D eigenvalue weighted by Gasteiger charge is -2.35. The molecule has 2 heterocycles. The van der Waals surface area contributed by atoms with Gasteiger partial charge in [0.25, 0.3) is 0 Å². The van der Waals surface area contributed by atoms with E-state index in [9.17, 15) is 4.79 Å². The molecule has 0 unspecified atom stereocenters. The van der Waals surface area contributed by atoms with Crippen LogP contribution in [-0.2, 0) is 10.2 Å². The largest absolute Gasteiger partial charge is 0.339 e. The number of rotatable bonds is 5. The second-order valence-corrected chi connectivity index (χ2v) is 8.42. The minimum atomic E-state index is -0.0334. The number of benzene rings is 1. The number of hydrogen-bond donors (Lipinski definition) is 0. The molecule has 0 radical (unpaired) electrons. The fourth-order valence-electron chi connectivity index (χ4n) is 3.63. The van der Waals surface area contributed by atoms with Crippen LogP contribution in [0.3, 0.4) is 0 Å². The number of nitriles is 1. The van der Waals surface area contributed by atoms with Crippen molar-refractivity contribution in [3.8, 4) is 6.07 Å². The van der Waals surface area contributed by atoms with Gasteiger partial charge in [0.05, 0.1) is 0 Å². The summed E-state index contributed by atoms with van der Waals surface area (Å²) in [5.74, 6) is 0.780. The van der Waals surface area contributed by atoms with Crippen LogP contribution in [0.25, 0.3) is 0 Å². The molecule has 0 bridgehead atoms.